The highest BCUT2D eigenvalue weighted by molar-refractivity contribution is 7.80. The second-order valence-corrected chi connectivity index (χ2v) is 4.11. The monoisotopic (exact) mass is 248 g/mol. The molecule has 88 valence electrons. The summed E-state index contributed by atoms with van der Waals surface area (Å²) >= 11 is 4.79. The maximum absolute atomic E-state index is 12.0. The number of amides is 1. The van der Waals surface area contributed by atoms with Crippen molar-refractivity contribution in [3.8, 4) is 0 Å². The van der Waals surface area contributed by atoms with Crippen LogP contribution >= 0.6 is 12.2 Å². The molecule has 0 aromatic heterocycles. The third-order valence-electron chi connectivity index (χ3n) is 2.60. The highest BCUT2D eigenvalue weighted by atomic mass is 32.1. The Morgan fingerprint density at radius 1 is 1.47 bits per heavy atom. The van der Waals surface area contributed by atoms with Crippen molar-refractivity contribution in [2.24, 2.45) is 10.8 Å². The van der Waals surface area contributed by atoms with Gasteiger partial charge in [-0.1, -0.05) is 18.2 Å². The largest absolute Gasteiger partial charge is 0.375 e. The first kappa shape index (κ1) is 11.5. The van der Waals surface area contributed by atoms with Crippen molar-refractivity contribution in [1.82, 2.24) is 5.01 Å². The minimum absolute atomic E-state index is 0.123. The van der Waals surface area contributed by atoms with E-state index in [1.165, 1.54) is 5.01 Å². The Morgan fingerprint density at radius 3 is 2.76 bits per heavy atom. The number of para-hydroxylation sites is 1. The molecule has 5 nitrogen and oxygen atoms in total. The number of fused-ring (bicyclic) bond motifs is 1. The maximum atomic E-state index is 12.0. The van der Waals surface area contributed by atoms with Crippen LogP contribution in [0, 0.1) is 0 Å². The number of rotatable bonds is 1. The quantitative estimate of drug-likeness (QED) is 0.582. The van der Waals surface area contributed by atoms with Crippen LogP contribution in [0.15, 0.2) is 29.4 Å². The summed E-state index contributed by atoms with van der Waals surface area (Å²) in [5.41, 5.74) is 7.43. The first-order valence-electron chi connectivity index (χ1n) is 5.01. The van der Waals surface area contributed by atoms with Gasteiger partial charge < -0.3 is 10.6 Å². The number of anilines is 1. The van der Waals surface area contributed by atoms with Gasteiger partial charge in [-0.15, -0.1) is 0 Å². The SMILES string of the molecule is CN(/N=C1\C(=O)N(C)c2ccccc21)C(N)=S. The zero-order chi connectivity index (χ0) is 12.6. The van der Waals surface area contributed by atoms with Gasteiger partial charge in [0.15, 0.2) is 10.8 Å². The third-order valence-corrected chi connectivity index (χ3v) is 2.86. The number of hydrazone groups is 1. The van der Waals surface area contributed by atoms with E-state index in [-0.39, 0.29) is 11.0 Å². The van der Waals surface area contributed by atoms with Crippen molar-refractivity contribution >= 4 is 34.6 Å². The van der Waals surface area contributed by atoms with Gasteiger partial charge in [0.1, 0.15) is 0 Å². The molecule has 1 aromatic rings. The molecular weight excluding hydrogens is 236 g/mol. The summed E-state index contributed by atoms with van der Waals surface area (Å²) in [6.07, 6.45) is 0. The molecule has 1 heterocycles. The molecule has 0 spiro atoms. The van der Waals surface area contributed by atoms with E-state index >= 15 is 0 Å². The average Bonchev–Trinajstić information content (AvgIpc) is 2.55. The zero-order valence-corrected chi connectivity index (χ0v) is 10.4. The highest BCUT2D eigenvalue weighted by Gasteiger charge is 2.31. The van der Waals surface area contributed by atoms with Crippen LogP contribution in [0.25, 0.3) is 0 Å². The van der Waals surface area contributed by atoms with Crippen LogP contribution in [0.1, 0.15) is 5.56 Å². The Hall–Kier alpha value is -1.95. The summed E-state index contributed by atoms with van der Waals surface area (Å²) < 4.78 is 0. The van der Waals surface area contributed by atoms with Gasteiger partial charge in [-0.05, 0) is 18.3 Å². The summed E-state index contributed by atoms with van der Waals surface area (Å²) in [6, 6.07) is 7.46. The standard InChI is InChI=1S/C11H12N4OS/c1-14-8-6-4-3-5-7(8)9(10(14)16)13-15(2)11(12)17/h3-6H,1-2H3,(H2,12,17)/b13-9-. The first-order valence-corrected chi connectivity index (χ1v) is 5.42. The average molecular weight is 248 g/mol. The Kier molecular flexibility index (Phi) is 2.81. The van der Waals surface area contributed by atoms with E-state index in [9.17, 15) is 4.79 Å². The summed E-state index contributed by atoms with van der Waals surface area (Å²) in [6.45, 7) is 0. The molecule has 1 aliphatic rings. The normalized spacial score (nSPS) is 16.2. The number of likely N-dealkylation sites (N-methyl/N-ethyl adjacent to an activating group) is 1. The molecule has 0 unspecified atom stereocenters. The molecule has 6 heteroatoms. The molecule has 0 bridgehead atoms. The third kappa shape index (κ3) is 1.87. The van der Waals surface area contributed by atoms with Gasteiger partial charge in [-0.2, -0.15) is 5.10 Å². The molecular formula is C11H12N4OS. The lowest BCUT2D eigenvalue weighted by Crippen LogP contribution is -2.31. The smallest absolute Gasteiger partial charge is 0.279 e. The van der Waals surface area contributed by atoms with Gasteiger partial charge in [-0.3, -0.25) is 4.79 Å². The molecule has 1 amide bonds. The van der Waals surface area contributed by atoms with Crippen LogP contribution in [0.3, 0.4) is 0 Å². The Morgan fingerprint density at radius 2 is 2.12 bits per heavy atom. The van der Waals surface area contributed by atoms with Crippen LogP contribution in [-0.2, 0) is 4.79 Å². The number of nitrogens with two attached hydrogens (primary N) is 1. The van der Waals surface area contributed by atoms with Crippen LogP contribution in [0.5, 0.6) is 0 Å². The summed E-state index contributed by atoms with van der Waals surface area (Å²) in [5, 5.41) is 5.58. The fourth-order valence-corrected chi connectivity index (χ4v) is 1.69. The van der Waals surface area contributed by atoms with Gasteiger partial charge in [0.05, 0.1) is 5.69 Å². The first-order chi connectivity index (χ1) is 8.02. The van der Waals surface area contributed by atoms with Crippen LogP contribution in [-0.4, -0.2) is 35.8 Å². The fraction of sp³-hybridized carbons (Fsp3) is 0.182. The van der Waals surface area contributed by atoms with Crippen molar-refractivity contribution < 1.29 is 4.79 Å². The van der Waals surface area contributed by atoms with E-state index in [0.29, 0.717) is 5.71 Å². The zero-order valence-electron chi connectivity index (χ0n) is 9.54. The van der Waals surface area contributed by atoms with Crippen LogP contribution < -0.4 is 10.6 Å². The van der Waals surface area contributed by atoms with E-state index in [1.807, 2.05) is 24.3 Å². The van der Waals surface area contributed by atoms with E-state index in [2.05, 4.69) is 5.10 Å². The fourth-order valence-electron chi connectivity index (χ4n) is 1.65. The molecule has 2 N–H and O–H groups in total. The number of hydrogen-bond acceptors (Lipinski definition) is 3. The lowest BCUT2D eigenvalue weighted by molar-refractivity contribution is -0.112. The Balaban J connectivity index is 2.50. The van der Waals surface area contributed by atoms with E-state index < -0.39 is 0 Å². The number of hydrogen-bond donors (Lipinski definition) is 1. The summed E-state index contributed by atoms with van der Waals surface area (Å²) in [5.74, 6) is -0.158. The lowest BCUT2D eigenvalue weighted by Gasteiger charge is -2.10. The van der Waals surface area contributed by atoms with Crippen molar-refractivity contribution in [2.45, 2.75) is 0 Å². The van der Waals surface area contributed by atoms with Crippen LogP contribution in [0.2, 0.25) is 0 Å². The minimum Gasteiger partial charge on any atom is -0.375 e. The Bertz CT molecular complexity index is 526. The molecule has 2 rings (SSSR count). The van der Waals surface area contributed by atoms with Crippen LogP contribution in [0.4, 0.5) is 5.69 Å². The molecule has 1 aromatic carbocycles. The predicted molar refractivity (Wildman–Crippen MR) is 70.9 cm³/mol. The van der Waals surface area contributed by atoms with Crippen molar-refractivity contribution in [2.75, 3.05) is 19.0 Å². The highest BCUT2D eigenvalue weighted by Crippen LogP contribution is 2.27. The lowest BCUT2D eigenvalue weighted by atomic mass is 10.1. The molecule has 0 fully saturated rings. The maximum Gasteiger partial charge on any atom is 0.279 e. The Labute approximate surface area is 104 Å². The van der Waals surface area contributed by atoms with Crippen molar-refractivity contribution in [3.63, 3.8) is 0 Å². The molecule has 0 saturated carbocycles. The summed E-state index contributed by atoms with van der Waals surface area (Å²) in [7, 11) is 3.33. The van der Waals surface area contributed by atoms with Gasteiger partial charge in [0.2, 0.25) is 0 Å². The molecule has 0 aliphatic carbocycles. The number of benzene rings is 1. The van der Waals surface area contributed by atoms with E-state index in [4.69, 9.17) is 18.0 Å². The van der Waals surface area contributed by atoms with E-state index in [0.717, 1.165) is 11.3 Å². The van der Waals surface area contributed by atoms with E-state index in [1.54, 1.807) is 19.0 Å². The van der Waals surface area contributed by atoms with Gasteiger partial charge >= 0.3 is 0 Å². The number of nitrogens with zero attached hydrogens (tertiary/aromatic N) is 3. The molecule has 0 atom stereocenters. The van der Waals surface area contributed by atoms with Gasteiger partial charge in [-0.25, -0.2) is 5.01 Å². The van der Waals surface area contributed by atoms with Gasteiger partial charge in [0.25, 0.3) is 5.91 Å². The molecule has 1 aliphatic heterocycles. The number of thiocarbonyl (C=S) groups is 1. The van der Waals surface area contributed by atoms with Gasteiger partial charge in [0, 0.05) is 19.7 Å². The minimum atomic E-state index is -0.158. The molecule has 0 saturated heterocycles. The number of carbonyl (C=O) groups is 1. The summed E-state index contributed by atoms with van der Waals surface area (Å²) in [4.78, 5) is 13.6. The molecule has 0 radical (unpaired) electrons. The number of carbonyl (C=O) groups excluding carboxylic acids is 1. The second-order valence-electron chi connectivity index (χ2n) is 3.69. The second kappa shape index (κ2) is 4.14. The van der Waals surface area contributed by atoms with Crippen molar-refractivity contribution in [1.29, 1.82) is 0 Å². The van der Waals surface area contributed by atoms with Crippen molar-refractivity contribution in [3.05, 3.63) is 29.8 Å². The topological polar surface area (TPSA) is 61.9 Å². The predicted octanol–water partition coefficient (Wildman–Crippen LogP) is 0.543. The molecule has 17 heavy (non-hydrogen) atoms.